The minimum Gasteiger partial charge on any atom is -0.355 e. The molecule has 1 amide bonds. The summed E-state index contributed by atoms with van der Waals surface area (Å²) < 4.78 is 2.01. The zero-order chi connectivity index (χ0) is 15.1. The van der Waals surface area contributed by atoms with Gasteiger partial charge in [-0.25, -0.2) is 4.98 Å². The van der Waals surface area contributed by atoms with Crippen molar-refractivity contribution in [2.45, 2.75) is 46.0 Å². The van der Waals surface area contributed by atoms with E-state index in [4.69, 9.17) is 0 Å². The zero-order valence-corrected chi connectivity index (χ0v) is 13.0. The van der Waals surface area contributed by atoms with Gasteiger partial charge in [-0.3, -0.25) is 4.79 Å². The smallest absolute Gasteiger partial charge is 0.223 e. The molecule has 4 heteroatoms. The molecule has 1 atom stereocenters. The summed E-state index contributed by atoms with van der Waals surface area (Å²) in [7, 11) is 0. The molecule has 0 aliphatic carbocycles. The van der Waals surface area contributed by atoms with E-state index in [1.807, 2.05) is 35.0 Å². The van der Waals surface area contributed by atoms with Crippen LogP contribution in [0.25, 0.3) is 5.65 Å². The quantitative estimate of drug-likeness (QED) is 0.810. The van der Waals surface area contributed by atoms with E-state index in [-0.39, 0.29) is 11.8 Å². The van der Waals surface area contributed by atoms with E-state index in [0.717, 1.165) is 43.4 Å². The molecule has 0 bridgehead atoms. The first-order valence-electron chi connectivity index (χ1n) is 7.95. The maximum absolute atomic E-state index is 12.1. The average molecular weight is 287 g/mol. The summed E-state index contributed by atoms with van der Waals surface area (Å²) in [6, 6.07) is 5.95. The van der Waals surface area contributed by atoms with E-state index in [0.29, 0.717) is 6.54 Å². The molecule has 1 N–H and O–H groups in total. The number of amides is 1. The molecule has 2 heterocycles. The van der Waals surface area contributed by atoms with Gasteiger partial charge in [0.2, 0.25) is 5.91 Å². The first-order chi connectivity index (χ1) is 10.2. The highest BCUT2D eigenvalue weighted by atomic mass is 16.1. The largest absolute Gasteiger partial charge is 0.355 e. The predicted octanol–water partition coefficient (Wildman–Crippen LogP) is 3.21. The van der Waals surface area contributed by atoms with Crippen molar-refractivity contribution < 1.29 is 4.79 Å². The Kier molecular flexibility index (Phi) is 5.78. The number of carbonyl (C=O) groups is 1. The van der Waals surface area contributed by atoms with Gasteiger partial charge in [0.05, 0.1) is 5.69 Å². The molecule has 21 heavy (non-hydrogen) atoms. The maximum atomic E-state index is 12.1. The number of imidazole rings is 1. The number of rotatable bonds is 8. The summed E-state index contributed by atoms with van der Waals surface area (Å²) >= 11 is 0. The standard InChI is InChI=1S/C17H25N3O/c1-3-5-8-14(4-2)17(21)18-11-10-15-13-20-12-7-6-9-16(20)19-15/h6-7,9,12-14H,3-5,8,10-11H2,1-2H3,(H,18,21). The van der Waals surface area contributed by atoms with Crippen LogP contribution < -0.4 is 5.32 Å². The van der Waals surface area contributed by atoms with Gasteiger partial charge in [0.25, 0.3) is 0 Å². The third-order valence-corrected chi connectivity index (χ3v) is 3.86. The van der Waals surface area contributed by atoms with Gasteiger partial charge in [-0.1, -0.05) is 32.8 Å². The molecule has 1 unspecified atom stereocenters. The molecule has 0 aromatic carbocycles. The van der Waals surface area contributed by atoms with Gasteiger partial charge >= 0.3 is 0 Å². The van der Waals surface area contributed by atoms with Crippen LogP contribution in [0, 0.1) is 5.92 Å². The number of pyridine rings is 1. The van der Waals surface area contributed by atoms with Crippen LogP contribution in [0.4, 0.5) is 0 Å². The number of nitrogens with one attached hydrogen (secondary N) is 1. The summed E-state index contributed by atoms with van der Waals surface area (Å²) in [5, 5.41) is 3.05. The molecule has 2 rings (SSSR count). The van der Waals surface area contributed by atoms with Crippen LogP contribution in [0.5, 0.6) is 0 Å². The second-order valence-corrected chi connectivity index (χ2v) is 5.49. The molecule has 4 nitrogen and oxygen atoms in total. The molecule has 0 aliphatic heterocycles. The van der Waals surface area contributed by atoms with E-state index in [1.165, 1.54) is 0 Å². The van der Waals surface area contributed by atoms with Crippen LogP contribution in [0.2, 0.25) is 0 Å². The molecule has 2 aromatic rings. The lowest BCUT2D eigenvalue weighted by atomic mass is 9.98. The van der Waals surface area contributed by atoms with E-state index in [2.05, 4.69) is 24.1 Å². The molecular formula is C17H25N3O. The lowest BCUT2D eigenvalue weighted by Crippen LogP contribution is -2.32. The van der Waals surface area contributed by atoms with Crippen LogP contribution >= 0.6 is 0 Å². The average Bonchev–Trinajstić information content (AvgIpc) is 2.90. The number of carbonyl (C=O) groups excluding carboxylic acids is 1. The van der Waals surface area contributed by atoms with Gasteiger partial charge in [0.1, 0.15) is 5.65 Å². The second kappa shape index (κ2) is 7.81. The lowest BCUT2D eigenvalue weighted by molar-refractivity contribution is -0.125. The number of hydrogen-bond acceptors (Lipinski definition) is 2. The normalized spacial score (nSPS) is 12.5. The molecular weight excluding hydrogens is 262 g/mol. The Morgan fingerprint density at radius 1 is 1.38 bits per heavy atom. The fourth-order valence-electron chi connectivity index (χ4n) is 2.54. The Morgan fingerprint density at radius 2 is 2.24 bits per heavy atom. The van der Waals surface area contributed by atoms with Crippen LogP contribution in [0.3, 0.4) is 0 Å². The van der Waals surface area contributed by atoms with Gasteiger partial charge in [-0.15, -0.1) is 0 Å². The number of nitrogens with zero attached hydrogens (tertiary/aromatic N) is 2. The van der Waals surface area contributed by atoms with Crippen LogP contribution in [0.1, 0.15) is 45.2 Å². The molecule has 0 fully saturated rings. The minimum absolute atomic E-state index is 0.158. The Labute approximate surface area is 126 Å². The molecule has 0 saturated heterocycles. The van der Waals surface area contributed by atoms with Crippen LogP contribution in [-0.2, 0) is 11.2 Å². The van der Waals surface area contributed by atoms with Crippen LogP contribution in [0.15, 0.2) is 30.6 Å². The van der Waals surface area contributed by atoms with E-state index in [9.17, 15) is 4.79 Å². The molecule has 0 aliphatic rings. The predicted molar refractivity (Wildman–Crippen MR) is 85.2 cm³/mol. The summed E-state index contributed by atoms with van der Waals surface area (Å²) in [6.07, 6.45) is 8.96. The molecule has 0 spiro atoms. The van der Waals surface area contributed by atoms with Gasteiger partial charge in [0.15, 0.2) is 0 Å². The molecule has 0 radical (unpaired) electrons. The SMILES string of the molecule is CCCCC(CC)C(=O)NCCc1cn2ccccc2n1. The van der Waals surface area contributed by atoms with Crippen molar-refractivity contribution in [3.8, 4) is 0 Å². The highest BCUT2D eigenvalue weighted by Crippen LogP contribution is 2.12. The summed E-state index contributed by atoms with van der Waals surface area (Å²) in [6.45, 7) is 4.90. The fourth-order valence-corrected chi connectivity index (χ4v) is 2.54. The maximum Gasteiger partial charge on any atom is 0.223 e. The molecule has 114 valence electrons. The Balaban J connectivity index is 1.81. The summed E-state index contributed by atoms with van der Waals surface area (Å²) in [5.74, 6) is 0.348. The number of fused-ring (bicyclic) bond motifs is 1. The number of hydrogen-bond donors (Lipinski definition) is 1. The van der Waals surface area contributed by atoms with Crippen molar-refractivity contribution >= 4 is 11.6 Å². The third kappa shape index (κ3) is 4.31. The first kappa shape index (κ1) is 15.5. The molecule has 2 aromatic heterocycles. The topological polar surface area (TPSA) is 46.4 Å². The van der Waals surface area contributed by atoms with Crippen molar-refractivity contribution in [3.63, 3.8) is 0 Å². The Hall–Kier alpha value is -1.84. The highest BCUT2D eigenvalue weighted by molar-refractivity contribution is 5.78. The van der Waals surface area contributed by atoms with E-state index < -0.39 is 0 Å². The van der Waals surface area contributed by atoms with Crippen molar-refractivity contribution in [1.82, 2.24) is 14.7 Å². The number of unbranched alkanes of at least 4 members (excludes halogenated alkanes) is 1. The fraction of sp³-hybridized carbons (Fsp3) is 0.529. The summed E-state index contributed by atoms with van der Waals surface area (Å²) in [4.78, 5) is 16.6. The monoisotopic (exact) mass is 287 g/mol. The van der Waals surface area contributed by atoms with Crippen molar-refractivity contribution in [3.05, 3.63) is 36.3 Å². The van der Waals surface area contributed by atoms with Gasteiger partial charge < -0.3 is 9.72 Å². The summed E-state index contributed by atoms with van der Waals surface area (Å²) in [5.41, 5.74) is 1.97. The lowest BCUT2D eigenvalue weighted by Gasteiger charge is -2.14. The van der Waals surface area contributed by atoms with Crippen molar-refractivity contribution in [1.29, 1.82) is 0 Å². The van der Waals surface area contributed by atoms with Crippen molar-refractivity contribution in [2.75, 3.05) is 6.54 Å². The third-order valence-electron chi connectivity index (χ3n) is 3.86. The highest BCUT2D eigenvalue weighted by Gasteiger charge is 2.15. The first-order valence-corrected chi connectivity index (χ1v) is 7.95. The number of aromatic nitrogens is 2. The van der Waals surface area contributed by atoms with Crippen LogP contribution in [-0.4, -0.2) is 21.8 Å². The molecule has 0 saturated carbocycles. The van der Waals surface area contributed by atoms with Crippen molar-refractivity contribution in [2.24, 2.45) is 5.92 Å². The minimum atomic E-state index is 0.158. The van der Waals surface area contributed by atoms with E-state index >= 15 is 0 Å². The van der Waals surface area contributed by atoms with Gasteiger partial charge in [-0.05, 0) is 25.0 Å². The van der Waals surface area contributed by atoms with Gasteiger partial charge in [-0.2, -0.15) is 0 Å². The van der Waals surface area contributed by atoms with E-state index in [1.54, 1.807) is 0 Å². The zero-order valence-electron chi connectivity index (χ0n) is 13.0. The van der Waals surface area contributed by atoms with Gasteiger partial charge in [0, 0.05) is 31.3 Å². The Bertz CT molecular complexity index is 543. The Morgan fingerprint density at radius 3 is 2.95 bits per heavy atom. The second-order valence-electron chi connectivity index (χ2n) is 5.49.